The fraction of sp³-hybridized carbons (Fsp3) is 0.333. The van der Waals surface area contributed by atoms with Crippen LogP contribution in [0.4, 0.5) is 4.79 Å². The molecule has 5 nitrogen and oxygen atoms in total. The molecular formula is C15H19N3O2S. The summed E-state index contributed by atoms with van der Waals surface area (Å²) >= 11 is 1.52. The maximum absolute atomic E-state index is 11.9. The fourth-order valence-electron chi connectivity index (χ4n) is 1.66. The zero-order chi connectivity index (χ0) is 15.1. The third kappa shape index (κ3) is 5.07. The van der Waals surface area contributed by atoms with Crippen LogP contribution in [0.3, 0.4) is 0 Å². The summed E-state index contributed by atoms with van der Waals surface area (Å²) in [5.74, 6) is 0.817. The van der Waals surface area contributed by atoms with Gasteiger partial charge >= 0.3 is 6.03 Å². The van der Waals surface area contributed by atoms with Crippen molar-refractivity contribution in [2.45, 2.75) is 13.5 Å². The molecule has 1 aromatic carbocycles. The van der Waals surface area contributed by atoms with Gasteiger partial charge in [-0.05, 0) is 19.1 Å². The highest BCUT2D eigenvalue weighted by Crippen LogP contribution is 2.11. The second kappa shape index (κ2) is 7.64. The van der Waals surface area contributed by atoms with Crippen LogP contribution < -0.4 is 10.1 Å². The van der Waals surface area contributed by atoms with E-state index in [1.54, 1.807) is 17.5 Å². The van der Waals surface area contributed by atoms with Crippen LogP contribution in [0.25, 0.3) is 0 Å². The molecule has 0 aliphatic rings. The predicted molar refractivity (Wildman–Crippen MR) is 83.7 cm³/mol. The van der Waals surface area contributed by atoms with Gasteiger partial charge in [-0.2, -0.15) is 0 Å². The van der Waals surface area contributed by atoms with Gasteiger partial charge in [-0.25, -0.2) is 9.78 Å². The number of hydrogen-bond donors (Lipinski definition) is 1. The Labute approximate surface area is 128 Å². The number of carbonyl (C=O) groups excluding carboxylic acids is 1. The van der Waals surface area contributed by atoms with E-state index in [0.29, 0.717) is 19.7 Å². The number of nitrogens with zero attached hydrogens (tertiary/aromatic N) is 2. The minimum atomic E-state index is -0.129. The number of likely N-dealkylation sites (N-methyl/N-ethyl adjacent to an activating group) is 1. The van der Waals surface area contributed by atoms with E-state index in [0.717, 1.165) is 11.4 Å². The first-order valence-electron chi connectivity index (χ1n) is 6.70. The molecule has 0 unspecified atom stereocenters. The van der Waals surface area contributed by atoms with Gasteiger partial charge in [-0.3, -0.25) is 0 Å². The lowest BCUT2D eigenvalue weighted by Crippen LogP contribution is -2.39. The number of ether oxygens (including phenoxy) is 1. The number of hydrogen-bond acceptors (Lipinski definition) is 4. The molecule has 1 N–H and O–H groups in total. The summed E-state index contributed by atoms with van der Waals surface area (Å²) in [5, 5.41) is 4.73. The maximum atomic E-state index is 11.9. The minimum Gasteiger partial charge on any atom is -0.492 e. The molecule has 0 radical (unpaired) electrons. The summed E-state index contributed by atoms with van der Waals surface area (Å²) in [7, 11) is 1.74. The number of thiazole rings is 1. The zero-order valence-corrected chi connectivity index (χ0v) is 13.0. The minimum absolute atomic E-state index is 0.129. The Hall–Kier alpha value is -2.08. The molecule has 0 saturated heterocycles. The summed E-state index contributed by atoms with van der Waals surface area (Å²) in [5.41, 5.74) is 3.82. The normalized spacial score (nSPS) is 10.2. The van der Waals surface area contributed by atoms with Gasteiger partial charge in [-0.15, -0.1) is 11.3 Å². The molecule has 0 bridgehead atoms. The number of aryl methyl sites for hydroxylation is 1. The highest BCUT2D eigenvalue weighted by atomic mass is 32.1. The maximum Gasteiger partial charge on any atom is 0.317 e. The van der Waals surface area contributed by atoms with E-state index in [2.05, 4.69) is 10.3 Å². The molecule has 0 fully saturated rings. The van der Waals surface area contributed by atoms with Gasteiger partial charge in [-0.1, -0.05) is 17.7 Å². The molecule has 0 saturated carbocycles. The van der Waals surface area contributed by atoms with Crippen LogP contribution in [0.2, 0.25) is 0 Å². The second-order valence-electron chi connectivity index (χ2n) is 4.72. The molecule has 0 spiro atoms. The quantitative estimate of drug-likeness (QED) is 0.892. The van der Waals surface area contributed by atoms with Crippen LogP contribution in [0.1, 0.15) is 11.3 Å². The van der Waals surface area contributed by atoms with Crippen molar-refractivity contribution in [3.8, 4) is 5.75 Å². The van der Waals surface area contributed by atoms with Crippen molar-refractivity contribution in [3.63, 3.8) is 0 Å². The number of nitrogens with one attached hydrogen (secondary N) is 1. The van der Waals surface area contributed by atoms with Crippen LogP contribution in [0.15, 0.2) is 35.2 Å². The smallest absolute Gasteiger partial charge is 0.317 e. The summed E-state index contributed by atoms with van der Waals surface area (Å²) < 4.78 is 5.60. The Bertz CT molecular complexity index is 555. The summed E-state index contributed by atoms with van der Waals surface area (Å²) in [6.07, 6.45) is 0. The molecule has 0 aliphatic heterocycles. The zero-order valence-electron chi connectivity index (χ0n) is 12.2. The highest BCUT2D eigenvalue weighted by Gasteiger charge is 2.08. The topological polar surface area (TPSA) is 54.5 Å². The first-order chi connectivity index (χ1) is 10.1. The van der Waals surface area contributed by atoms with Crippen molar-refractivity contribution in [1.29, 1.82) is 0 Å². The third-order valence-corrected chi connectivity index (χ3v) is 3.60. The molecule has 21 heavy (non-hydrogen) atoms. The molecule has 0 aliphatic carbocycles. The number of amides is 2. The molecule has 1 aromatic heterocycles. The van der Waals surface area contributed by atoms with Gasteiger partial charge in [0, 0.05) is 12.4 Å². The van der Waals surface area contributed by atoms with E-state index in [-0.39, 0.29) is 6.03 Å². The van der Waals surface area contributed by atoms with Gasteiger partial charge in [0.25, 0.3) is 0 Å². The average Bonchev–Trinajstić information content (AvgIpc) is 3.00. The molecule has 0 atom stereocenters. The van der Waals surface area contributed by atoms with Gasteiger partial charge in [0.05, 0.1) is 24.3 Å². The van der Waals surface area contributed by atoms with E-state index in [9.17, 15) is 4.79 Å². The number of aromatic nitrogens is 1. The van der Waals surface area contributed by atoms with E-state index >= 15 is 0 Å². The Kier molecular flexibility index (Phi) is 5.57. The third-order valence-electron chi connectivity index (χ3n) is 2.97. The fourth-order valence-corrected chi connectivity index (χ4v) is 2.22. The lowest BCUT2D eigenvalue weighted by atomic mass is 10.2. The first-order valence-corrected chi connectivity index (χ1v) is 7.65. The van der Waals surface area contributed by atoms with Crippen molar-refractivity contribution in [3.05, 3.63) is 46.4 Å². The lowest BCUT2D eigenvalue weighted by molar-refractivity contribution is 0.195. The van der Waals surface area contributed by atoms with E-state index in [1.165, 1.54) is 16.9 Å². The van der Waals surface area contributed by atoms with Crippen LogP contribution in [-0.4, -0.2) is 36.1 Å². The van der Waals surface area contributed by atoms with Crippen LogP contribution in [0.5, 0.6) is 5.75 Å². The largest absolute Gasteiger partial charge is 0.492 e. The van der Waals surface area contributed by atoms with Crippen LogP contribution in [-0.2, 0) is 6.54 Å². The van der Waals surface area contributed by atoms with Gasteiger partial charge in [0.15, 0.2) is 0 Å². The summed E-state index contributed by atoms with van der Waals surface area (Å²) in [6, 6.07) is 7.73. The van der Waals surface area contributed by atoms with E-state index in [1.807, 2.05) is 36.6 Å². The molecule has 6 heteroatoms. The molecule has 2 rings (SSSR count). The number of urea groups is 1. The monoisotopic (exact) mass is 305 g/mol. The second-order valence-corrected chi connectivity index (χ2v) is 5.44. The van der Waals surface area contributed by atoms with Gasteiger partial charge in [0.2, 0.25) is 0 Å². The van der Waals surface area contributed by atoms with Crippen molar-refractivity contribution in [1.82, 2.24) is 15.2 Å². The standard InChI is InChI=1S/C15H19N3O2S/c1-12-3-5-14(6-4-12)20-8-7-18(2)15(19)16-9-13-10-21-11-17-13/h3-6,10-11H,7-9H2,1-2H3,(H,16,19). The average molecular weight is 305 g/mol. The Morgan fingerprint density at radius 3 is 2.81 bits per heavy atom. The molecule has 2 aromatic rings. The molecule has 2 amide bonds. The summed E-state index contributed by atoms with van der Waals surface area (Å²) in [4.78, 5) is 17.6. The van der Waals surface area contributed by atoms with Gasteiger partial charge in [0.1, 0.15) is 12.4 Å². The van der Waals surface area contributed by atoms with Crippen molar-refractivity contribution < 1.29 is 9.53 Å². The molecular weight excluding hydrogens is 286 g/mol. The van der Waals surface area contributed by atoms with E-state index in [4.69, 9.17) is 4.74 Å². The Morgan fingerprint density at radius 1 is 1.38 bits per heavy atom. The number of rotatable bonds is 6. The lowest BCUT2D eigenvalue weighted by Gasteiger charge is -2.18. The van der Waals surface area contributed by atoms with Crippen molar-refractivity contribution in [2.24, 2.45) is 0 Å². The SMILES string of the molecule is Cc1ccc(OCCN(C)C(=O)NCc2cscn2)cc1. The molecule has 112 valence electrons. The summed E-state index contributed by atoms with van der Waals surface area (Å²) in [6.45, 7) is 3.47. The van der Waals surface area contributed by atoms with Crippen molar-refractivity contribution >= 4 is 17.4 Å². The number of carbonyl (C=O) groups is 1. The van der Waals surface area contributed by atoms with Gasteiger partial charge < -0.3 is 15.0 Å². The van der Waals surface area contributed by atoms with Crippen LogP contribution in [0, 0.1) is 6.92 Å². The highest BCUT2D eigenvalue weighted by molar-refractivity contribution is 7.07. The molecule has 1 heterocycles. The Morgan fingerprint density at radius 2 is 2.14 bits per heavy atom. The Balaban J connectivity index is 1.67. The van der Waals surface area contributed by atoms with E-state index < -0.39 is 0 Å². The first kappa shape index (κ1) is 15.3. The number of benzene rings is 1. The van der Waals surface area contributed by atoms with Crippen LogP contribution >= 0.6 is 11.3 Å². The predicted octanol–water partition coefficient (Wildman–Crippen LogP) is 2.67. The van der Waals surface area contributed by atoms with Crippen molar-refractivity contribution in [2.75, 3.05) is 20.2 Å².